The minimum Gasteiger partial charge on any atom is -0.378 e. The van der Waals surface area contributed by atoms with Crippen molar-refractivity contribution in [1.29, 1.82) is 0 Å². The minimum absolute atomic E-state index is 0.0471. The first kappa shape index (κ1) is 29.1. The predicted molar refractivity (Wildman–Crippen MR) is 165 cm³/mol. The van der Waals surface area contributed by atoms with Crippen LogP contribution in [0.15, 0.2) is 66.5 Å². The fourth-order valence-electron chi connectivity index (χ4n) is 5.30. The minimum atomic E-state index is -3.85. The number of fused-ring (bicyclic) bond motifs is 1. The number of benzene rings is 1. The van der Waals surface area contributed by atoms with E-state index in [-0.39, 0.29) is 16.8 Å². The maximum absolute atomic E-state index is 13.3. The van der Waals surface area contributed by atoms with Gasteiger partial charge in [-0.05, 0) is 55.3 Å². The standard InChI is InChI=1S/C29H32N8O4S2/c1-2-25(38)33-22-6-4-10-36(18-22)17-20-5-3-7-23(15-20)43(39,40)35-21-8-9-24(30-16-21)28-34-26-27(31-19-32-29(26)42-28)37-11-13-41-14-12-37/h2-3,5,7-9,15-16,19,22,35H,1,4,6,10-14,17-18H2,(H,33,38). The number of rotatable bonds is 9. The molecule has 1 unspecified atom stereocenters. The van der Waals surface area contributed by atoms with Crippen LogP contribution in [0.2, 0.25) is 0 Å². The molecule has 2 aliphatic heterocycles. The van der Waals surface area contributed by atoms with E-state index >= 15 is 0 Å². The first-order valence-electron chi connectivity index (χ1n) is 14.1. The number of sulfonamides is 1. The number of amides is 1. The van der Waals surface area contributed by atoms with Gasteiger partial charge in [0.05, 0.1) is 35.7 Å². The van der Waals surface area contributed by atoms with Gasteiger partial charge in [-0.3, -0.25) is 19.4 Å². The summed E-state index contributed by atoms with van der Waals surface area (Å²) in [6.45, 7) is 8.43. The second kappa shape index (κ2) is 12.7. The lowest BCUT2D eigenvalue weighted by atomic mass is 10.0. The highest BCUT2D eigenvalue weighted by atomic mass is 32.2. The van der Waals surface area contributed by atoms with Gasteiger partial charge in [-0.15, -0.1) is 0 Å². The molecule has 0 spiro atoms. The number of morpholine rings is 1. The molecule has 12 nitrogen and oxygen atoms in total. The number of thiazole rings is 1. The van der Waals surface area contributed by atoms with Crippen molar-refractivity contribution in [3.8, 4) is 10.7 Å². The third-order valence-electron chi connectivity index (χ3n) is 7.37. The summed E-state index contributed by atoms with van der Waals surface area (Å²) in [5, 5.41) is 3.64. The fourth-order valence-corrected chi connectivity index (χ4v) is 7.29. The first-order chi connectivity index (χ1) is 20.9. The van der Waals surface area contributed by atoms with Gasteiger partial charge in [-0.25, -0.2) is 23.4 Å². The summed E-state index contributed by atoms with van der Waals surface area (Å²) in [5.74, 6) is 0.600. The average Bonchev–Trinajstić information content (AvgIpc) is 3.47. The summed E-state index contributed by atoms with van der Waals surface area (Å²) < 4.78 is 34.6. The van der Waals surface area contributed by atoms with Crippen LogP contribution in [0.25, 0.3) is 21.0 Å². The zero-order valence-corrected chi connectivity index (χ0v) is 25.1. The van der Waals surface area contributed by atoms with Crippen LogP contribution in [0.1, 0.15) is 18.4 Å². The van der Waals surface area contributed by atoms with Crippen LogP contribution in [0.3, 0.4) is 0 Å². The van der Waals surface area contributed by atoms with Gasteiger partial charge in [0.2, 0.25) is 5.91 Å². The maximum Gasteiger partial charge on any atom is 0.261 e. The Kier molecular flexibility index (Phi) is 8.61. The highest BCUT2D eigenvalue weighted by molar-refractivity contribution is 7.92. The summed E-state index contributed by atoms with van der Waals surface area (Å²) >= 11 is 1.41. The SMILES string of the molecule is C=CC(=O)NC1CCCN(Cc2cccc(S(=O)(=O)Nc3ccc(-c4nc5c(N6CCOCC6)ncnc5s4)nc3)c2)C1. The summed E-state index contributed by atoms with van der Waals surface area (Å²) in [6.07, 6.45) is 6.17. The Bertz CT molecular complexity index is 1720. The van der Waals surface area contributed by atoms with E-state index in [1.54, 1.807) is 36.7 Å². The zero-order valence-electron chi connectivity index (χ0n) is 23.5. The maximum atomic E-state index is 13.3. The van der Waals surface area contributed by atoms with Crippen molar-refractivity contribution in [2.45, 2.75) is 30.3 Å². The number of aromatic nitrogens is 4. The molecule has 1 aromatic carbocycles. The predicted octanol–water partition coefficient (Wildman–Crippen LogP) is 3.05. The Hall–Kier alpha value is -3.98. The van der Waals surface area contributed by atoms with Gasteiger partial charge in [-0.2, -0.15) is 0 Å². The molecule has 0 bridgehead atoms. The van der Waals surface area contributed by atoms with E-state index in [2.05, 4.69) is 41.4 Å². The Morgan fingerprint density at radius 2 is 2.00 bits per heavy atom. The molecule has 6 rings (SSSR count). The Labute approximate surface area is 253 Å². The number of carbonyl (C=O) groups excluding carboxylic acids is 1. The van der Waals surface area contributed by atoms with Crippen LogP contribution in [0.5, 0.6) is 0 Å². The topological polar surface area (TPSA) is 143 Å². The second-order valence-corrected chi connectivity index (χ2v) is 13.1. The van der Waals surface area contributed by atoms with Gasteiger partial charge in [0.15, 0.2) is 5.82 Å². The molecule has 5 heterocycles. The number of pyridine rings is 1. The van der Waals surface area contributed by atoms with E-state index in [9.17, 15) is 13.2 Å². The van der Waals surface area contributed by atoms with E-state index in [1.165, 1.54) is 23.6 Å². The number of piperidine rings is 1. The molecule has 2 fully saturated rings. The van der Waals surface area contributed by atoms with Crippen molar-refractivity contribution >= 4 is 49.1 Å². The van der Waals surface area contributed by atoms with Crippen molar-refractivity contribution in [1.82, 2.24) is 30.2 Å². The van der Waals surface area contributed by atoms with Gasteiger partial charge in [0, 0.05) is 32.2 Å². The summed E-state index contributed by atoms with van der Waals surface area (Å²) in [5.41, 5.74) is 2.56. The first-order valence-corrected chi connectivity index (χ1v) is 16.4. The number of likely N-dealkylation sites (tertiary alicyclic amines) is 1. The van der Waals surface area contributed by atoms with E-state index in [0.29, 0.717) is 42.7 Å². The molecule has 2 N–H and O–H groups in total. The van der Waals surface area contributed by atoms with Gasteiger partial charge in [-0.1, -0.05) is 30.0 Å². The fraction of sp³-hybridized carbons (Fsp3) is 0.345. The van der Waals surface area contributed by atoms with E-state index in [1.807, 2.05) is 6.07 Å². The van der Waals surface area contributed by atoms with Crippen LogP contribution in [0.4, 0.5) is 11.5 Å². The lowest BCUT2D eigenvalue weighted by Gasteiger charge is -2.33. The summed E-state index contributed by atoms with van der Waals surface area (Å²) in [7, 11) is -3.85. The van der Waals surface area contributed by atoms with E-state index < -0.39 is 10.0 Å². The molecule has 2 saturated heterocycles. The number of nitrogens with zero attached hydrogens (tertiary/aromatic N) is 6. The van der Waals surface area contributed by atoms with Gasteiger partial charge >= 0.3 is 0 Å². The van der Waals surface area contributed by atoms with Gasteiger partial charge in [0.25, 0.3) is 10.0 Å². The lowest BCUT2D eigenvalue weighted by molar-refractivity contribution is -0.117. The highest BCUT2D eigenvalue weighted by Crippen LogP contribution is 2.32. The normalized spacial score (nSPS) is 18.0. The Balaban J connectivity index is 1.13. The van der Waals surface area contributed by atoms with E-state index in [4.69, 9.17) is 9.72 Å². The molecule has 4 aromatic rings. The van der Waals surface area contributed by atoms with Crippen molar-refractivity contribution in [3.05, 3.63) is 67.1 Å². The molecule has 0 aliphatic carbocycles. The Morgan fingerprint density at radius 1 is 1.14 bits per heavy atom. The number of hydrogen-bond donors (Lipinski definition) is 2. The molecular weight excluding hydrogens is 589 g/mol. The monoisotopic (exact) mass is 620 g/mol. The number of carbonyl (C=O) groups is 1. The number of anilines is 2. The smallest absolute Gasteiger partial charge is 0.261 e. The van der Waals surface area contributed by atoms with Crippen molar-refractivity contribution < 1.29 is 17.9 Å². The van der Waals surface area contributed by atoms with Crippen LogP contribution >= 0.6 is 11.3 Å². The van der Waals surface area contributed by atoms with Crippen LogP contribution in [-0.2, 0) is 26.1 Å². The number of ether oxygens (including phenoxy) is 1. The molecule has 2 aliphatic rings. The third-order valence-corrected chi connectivity index (χ3v) is 9.74. The lowest BCUT2D eigenvalue weighted by Crippen LogP contribution is -2.46. The van der Waals surface area contributed by atoms with Crippen molar-refractivity contribution in [3.63, 3.8) is 0 Å². The average molecular weight is 621 g/mol. The van der Waals surface area contributed by atoms with Crippen LogP contribution in [-0.4, -0.2) is 84.6 Å². The number of nitrogens with one attached hydrogen (secondary N) is 2. The van der Waals surface area contributed by atoms with Gasteiger partial charge in [0.1, 0.15) is 21.7 Å². The molecule has 0 radical (unpaired) electrons. The summed E-state index contributed by atoms with van der Waals surface area (Å²) in [6, 6.07) is 10.4. The van der Waals surface area contributed by atoms with Crippen LogP contribution < -0.4 is 14.9 Å². The molecule has 0 saturated carbocycles. The van der Waals surface area contributed by atoms with Crippen molar-refractivity contribution in [2.24, 2.45) is 0 Å². The summed E-state index contributed by atoms with van der Waals surface area (Å²) in [4.78, 5) is 35.1. The molecular formula is C29H32N8O4S2. The third kappa shape index (κ3) is 6.82. The molecule has 43 heavy (non-hydrogen) atoms. The highest BCUT2D eigenvalue weighted by Gasteiger charge is 2.23. The molecule has 1 atom stereocenters. The largest absolute Gasteiger partial charge is 0.378 e. The number of hydrogen-bond acceptors (Lipinski definition) is 11. The van der Waals surface area contributed by atoms with E-state index in [0.717, 1.165) is 54.2 Å². The molecule has 14 heteroatoms. The van der Waals surface area contributed by atoms with Crippen LogP contribution in [0, 0.1) is 0 Å². The van der Waals surface area contributed by atoms with Crippen molar-refractivity contribution in [2.75, 3.05) is 49.0 Å². The molecule has 224 valence electrons. The molecule has 1 amide bonds. The van der Waals surface area contributed by atoms with Gasteiger partial charge < -0.3 is 15.0 Å². The zero-order chi connectivity index (χ0) is 29.8. The quantitative estimate of drug-likeness (QED) is 0.268. The molecule has 3 aromatic heterocycles. The Morgan fingerprint density at radius 3 is 2.79 bits per heavy atom. The second-order valence-electron chi connectivity index (χ2n) is 10.4.